The first-order valence-corrected chi connectivity index (χ1v) is 7.05. The van der Waals surface area contributed by atoms with Crippen LogP contribution in [0.3, 0.4) is 0 Å². The second-order valence-electron chi connectivity index (χ2n) is 5.25. The molecule has 0 bridgehead atoms. The number of nitrogens with zero attached hydrogens (tertiary/aromatic N) is 2. The fourth-order valence-electron chi connectivity index (χ4n) is 3.00. The fraction of sp³-hybridized carbons (Fsp3) is 0.500. The van der Waals surface area contributed by atoms with Crippen molar-refractivity contribution in [2.45, 2.75) is 18.9 Å². The van der Waals surface area contributed by atoms with E-state index in [1.165, 1.54) is 18.9 Å². The summed E-state index contributed by atoms with van der Waals surface area (Å²) < 4.78 is 0. The first kappa shape index (κ1) is 12.8. The van der Waals surface area contributed by atoms with Crippen LogP contribution in [0.25, 0.3) is 0 Å². The topological polar surface area (TPSA) is 43.8 Å². The molecule has 0 aromatic heterocycles. The normalized spacial score (nSPS) is 23.4. The number of amides is 1. The summed E-state index contributed by atoms with van der Waals surface area (Å²) in [6.07, 6.45) is 2.41. The van der Waals surface area contributed by atoms with Crippen LogP contribution in [0.1, 0.15) is 23.2 Å². The van der Waals surface area contributed by atoms with Crippen LogP contribution in [0, 0.1) is 0 Å². The maximum atomic E-state index is 12.4. The Morgan fingerprint density at radius 1 is 1.32 bits per heavy atom. The van der Waals surface area contributed by atoms with Gasteiger partial charge >= 0.3 is 0 Å². The quantitative estimate of drug-likeness (QED) is 0.855. The lowest BCUT2D eigenvalue weighted by molar-refractivity contribution is 0.0571. The summed E-state index contributed by atoms with van der Waals surface area (Å²) in [6, 6.07) is 5.16. The van der Waals surface area contributed by atoms with Crippen LogP contribution in [0.4, 0.5) is 0 Å². The Morgan fingerprint density at radius 3 is 2.95 bits per heavy atom. The van der Waals surface area contributed by atoms with Crippen molar-refractivity contribution in [2.24, 2.45) is 0 Å². The van der Waals surface area contributed by atoms with Crippen LogP contribution in [0.5, 0.6) is 5.75 Å². The summed E-state index contributed by atoms with van der Waals surface area (Å²) in [6.45, 7) is 3.70. The van der Waals surface area contributed by atoms with Crippen molar-refractivity contribution >= 4 is 17.5 Å². The molecule has 2 fully saturated rings. The highest BCUT2D eigenvalue weighted by Crippen LogP contribution is 2.26. The third-order valence-electron chi connectivity index (χ3n) is 4.07. The third-order valence-corrected chi connectivity index (χ3v) is 4.37. The molecule has 3 rings (SSSR count). The fourth-order valence-corrected chi connectivity index (χ4v) is 3.18. The van der Waals surface area contributed by atoms with Crippen molar-refractivity contribution in [1.82, 2.24) is 9.80 Å². The summed E-state index contributed by atoms with van der Waals surface area (Å²) in [7, 11) is 0. The van der Waals surface area contributed by atoms with E-state index in [1.807, 2.05) is 4.90 Å². The van der Waals surface area contributed by atoms with E-state index >= 15 is 0 Å². The van der Waals surface area contributed by atoms with Gasteiger partial charge in [-0.25, -0.2) is 0 Å². The highest BCUT2D eigenvalue weighted by atomic mass is 35.5. The summed E-state index contributed by atoms with van der Waals surface area (Å²) in [5.74, 6) is 0.0206. The van der Waals surface area contributed by atoms with Gasteiger partial charge in [-0.2, -0.15) is 0 Å². The molecule has 102 valence electrons. The van der Waals surface area contributed by atoms with Crippen molar-refractivity contribution in [3.63, 3.8) is 0 Å². The first-order chi connectivity index (χ1) is 9.15. The third kappa shape index (κ3) is 2.42. The average Bonchev–Trinajstić information content (AvgIpc) is 2.88. The van der Waals surface area contributed by atoms with E-state index in [1.54, 1.807) is 12.1 Å². The highest BCUT2D eigenvalue weighted by molar-refractivity contribution is 6.32. The maximum Gasteiger partial charge on any atom is 0.254 e. The lowest BCUT2D eigenvalue weighted by atomic mass is 10.1. The molecule has 2 saturated heterocycles. The van der Waals surface area contributed by atoms with Crippen LogP contribution in [-0.4, -0.2) is 53.0 Å². The Labute approximate surface area is 117 Å². The molecule has 2 aliphatic rings. The summed E-state index contributed by atoms with van der Waals surface area (Å²) in [5.41, 5.74) is 0.550. The van der Waals surface area contributed by atoms with Gasteiger partial charge in [0, 0.05) is 31.2 Å². The van der Waals surface area contributed by atoms with Crippen molar-refractivity contribution < 1.29 is 9.90 Å². The van der Waals surface area contributed by atoms with E-state index in [2.05, 4.69) is 4.90 Å². The Bertz CT molecular complexity index is 506. The minimum atomic E-state index is 0.00782. The number of hydrogen-bond donors (Lipinski definition) is 1. The van der Waals surface area contributed by atoms with Crippen LogP contribution in [0.15, 0.2) is 18.2 Å². The van der Waals surface area contributed by atoms with Gasteiger partial charge in [0.2, 0.25) is 0 Å². The molecule has 0 saturated carbocycles. The van der Waals surface area contributed by atoms with Gasteiger partial charge < -0.3 is 10.0 Å². The molecule has 1 atom stereocenters. The van der Waals surface area contributed by atoms with Gasteiger partial charge in [-0.15, -0.1) is 0 Å². The lowest BCUT2D eigenvalue weighted by Crippen LogP contribution is -2.52. The average molecular weight is 281 g/mol. The van der Waals surface area contributed by atoms with Crippen molar-refractivity contribution in [1.29, 1.82) is 0 Å². The molecule has 4 nitrogen and oxygen atoms in total. The zero-order chi connectivity index (χ0) is 13.4. The van der Waals surface area contributed by atoms with Crippen LogP contribution >= 0.6 is 11.6 Å². The number of hydrogen-bond acceptors (Lipinski definition) is 3. The first-order valence-electron chi connectivity index (χ1n) is 6.67. The minimum Gasteiger partial charge on any atom is -0.506 e. The van der Waals surface area contributed by atoms with Gasteiger partial charge in [0.05, 0.1) is 5.02 Å². The number of carbonyl (C=O) groups excluding carboxylic acids is 1. The maximum absolute atomic E-state index is 12.4. The van der Waals surface area contributed by atoms with Crippen molar-refractivity contribution in [3.05, 3.63) is 28.8 Å². The smallest absolute Gasteiger partial charge is 0.254 e. The van der Waals surface area contributed by atoms with E-state index in [-0.39, 0.29) is 16.7 Å². The van der Waals surface area contributed by atoms with Gasteiger partial charge in [-0.3, -0.25) is 9.69 Å². The van der Waals surface area contributed by atoms with Crippen molar-refractivity contribution in [2.75, 3.05) is 26.2 Å². The molecule has 1 aromatic rings. The second-order valence-corrected chi connectivity index (χ2v) is 5.66. The number of halogens is 1. The Kier molecular flexibility index (Phi) is 3.37. The van der Waals surface area contributed by atoms with E-state index in [0.717, 1.165) is 26.2 Å². The van der Waals surface area contributed by atoms with Crippen LogP contribution < -0.4 is 0 Å². The van der Waals surface area contributed by atoms with Gasteiger partial charge in [0.1, 0.15) is 5.75 Å². The molecule has 19 heavy (non-hydrogen) atoms. The number of fused-ring (bicyclic) bond motifs is 1. The summed E-state index contributed by atoms with van der Waals surface area (Å²) in [5, 5.41) is 9.62. The summed E-state index contributed by atoms with van der Waals surface area (Å²) >= 11 is 5.86. The van der Waals surface area contributed by atoms with Gasteiger partial charge in [0.15, 0.2) is 0 Å². The Hall–Kier alpha value is -1.26. The number of phenols is 1. The molecule has 5 heteroatoms. The lowest BCUT2D eigenvalue weighted by Gasteiger charge is -2.37. The summed E-state index contributed by atoms with van der Waals surface area (Å²) in [4.78, 5) is 16.8. The standard InChI is InChI=1S/C14H17ClN2O2/c15-12-8-10(3-4-13(12)18)14(19)17-7-6-16-5-1-2-11(16)9-17/h3-4,8,11,18H,1-2,5-7,9H2. The van der Waals surface area contributed by atoms with E-state index in [9.17, 15) is 9.90 Å². The predicted molar refractivity (Wildman–Crippen MR) is 73.6 cm³/mol. The number of rotatable bonds is 1. The van der Waals surface area contributed by atoms with E-state index < -0.39 is 0 Å². The van der Waals surface area contributed by atoms with Gasteiger partial charge in [-0.1, -0.05) is 11.6 Å². The molecule has 2 aliphatic heterocycles. The molecule has 2 heterocycles. The monoisotopic (exact) mass is 280 g/mol. The van der Waals surface area contributed by atoms with Crippen molar-refractivity contribution in [3.8, 4) is 5.75 Å². The molecule has 1 aromatic carbocycles. The zero-order valence-electron chi connectivity index (χ0n) is 10.7. The molecular weight excluding hydrogens is 264 g/mol. The molecule has 1 amide bonds. The number of phenolic OH excluding ortho intramolecular Hbond substituents is 1. The van der Waals surface area contributed by atoms with Gasteiger partial charge in [-0.05, 0) is 37.6 Å². The molecular formula is C14H17ClN2O2. The predicted octanol–water partition coefficient (Wildman–Crippen LogP) is 1.97. The SMILES string of the molecule is O=C(c1ccc(O)c(Cl)c1)N1CCN2CCCC2C1. The van der Waals surface area contributed by atoms with Crippen LogP contribution in [-0.2, 0) is 0 Å². The highest BCUT2D eigenvalue weighted by Gasteiger charge is 2.32. The van der Waals surface area contributed by atoms with Crippen LogP contribution in [0.2, 0.25) is 5.02 Å². The molecule has 0 spiro atoms. The number of benzene rings is 1. The molecule has 1 unspecified atom stereocenters. The molecule has 0 aliphatic carbocycles. The largest absolute Gasteiger partial charge is 0.506 e. The second kappa shape index (κ2) is 5.02. The number of carbonyl (C=O) groups is 1. The number of piperazine rings is 1. The minimum absolute atomic E-state index is 0.00782. The number of aromatic hydroxyl groups is 1. The Morgan fingerprint density at radius 2 is 2.16 bits per heavy atom. The Balaban J connectivity index is 1.74. The molecule has 1 N–H and O–H groups in total. The van der Waals surface area contributed by atoms with E-state index in [0.29, 0.717) is 11.6 Å². The molecule has 0 radical (unpaired) electrons. The van der Waals surface area contributed by atoms with E-state index in [4.69, 9.17) is 11.6 Å². The van der Waals surface area contributed by atoms with Gasteiger partial charge in [0.25, 0.3) is 5.91 Å². The zero-order valence-corrected chi connectivity index (χ0v) is 11.4.